The number of carbonyl (C=O) groups excluding carboxylic acids is 1. The largest absolute Gasteiger partial charge is 0.480 e. The first-order chi connectivity index (χ1) is 11.3. The molecule has 0 fully saturated rings. The summed E-state index contributed by atoms with van der Waals surface area (Å²) in [5.41, 5.74) is 1.43. The minimum absolute atomic E-state index is 0.105. The van der Waals surface area contributed by atoms with Crippen molar-refractivity contribution in [3.05, 3.63) is 47.5 Å². The maximum Gasteiger partial charge on any atom is 0.326 e. The SMILES string of the molecule is Cc1cc(F)ccc1-n1ccc(C(=O)N[C@@H](CC(C)C)C(=O)O)n1. The van der Waals surface area contributed by atoms with E-state index in [0.717, 1.165) is 0 Å². The summed E-state index contributed by atoms with van der Waals surface area (Å²) in [4.78, 5) is 23.4. The zero-order valence-electron chi connectivity index (χ0n) is 13.8. The fourth-order valence-corrected chi connectivity index (χ4v) is 2.38. The van der Waals surface area contributed by atoms with E-state index in [1.54, 1.807) is 19.2 Å². The predicted octanol–water partition coefficient (Wildman–Crippen LogP) is 2.55. The third-order valence-electron chi connectivity index (χ3n) is 3.54. The summed E-state index contributed by atoms with van der Waals surface area (Å²) in [5, 5.41) is 15.8. The van der Waals surface area contributed by atoms with Crippen LogP contribution in [0.5, 0.6) is 0 Å². The Hall–Kier alpha value is -2.70. The fraction of sp³-hybridized carbons (Fsp3) is 0.353. The molecule has 2 N–H and O–H groups in total. The second kappa shape index (κ2) is 7.25. The first-order valence-electron chi connectivity index (χ1n) is 7.63. The number of aliphatic carboxylic acids is 1. The van der Waals surface area contributed by atoms with Crippen LogP contribution in [0.2, 0.25) is 0 Å². The number of carboxylic acid groups (broad SMARTS) is 1. The standard InChI is InChI=1S/C17H20FN3O3/c1-10(2)8-14(17(23)24)19-16(22)13-6-7-21(20-13)15-5-4-12(18)9-11(15)3/h4-7,9-10,14H,8H2,1-3H3,(H,19,22)(H,23,24)/t14-/m0/s1. The Kier molecular flexibility index (Phi) is 5.33. The van der Waals surface area contributed by atoms with E-state index in [4.69, 9.17) is 0 Å². The lowest BCUT2D eigenvalue weighted by Gasteiger charge is -2.15. The Morgan fingerprint density at radius 3 is 2.62 bits per heavy atom. The summed E-state index contributed by atoms with van der Waals surface area (Å²) >= 11 is 0. The van der Waals surface area contributed by atoms with E-state index in [2.05, 4.69) is 10.4 Å². The van der Waals surface area contributed by atoms with Gasteiger partial charge in [-0.3, -0.25) is 4.79 Å². The number of carbonyl (C=O) groups is 2. The van der Waals surface area contributed by atoms with Gasteiger partial charge in [-0.2, -0.15) is 5.10 Å². The second-order valence-electron chi connectivity index (χ2n) is 6.07. The fourth-order valence-electron chi connectivity index (χ4n) is 2.38. The van der Waals surface area contributed by atoms with Gasteiger partial charge >= 0.3 is 5.97 Å². The summed E-state index contributed by atoms with van der Waals surface area (Å²) < 4.78 is 14.6. The molecule has 2 rings (SSSR count). The van der Waals surface area contributed by atoms with Crippen LogP contribution in [-0.4, -0.2) is 32.8 Å². The highest BCUT2D eigenvalue weighted by Crippen LogP contribution is 2.15. The minimum atomic E-state index is -1.08. The van der Waals surface area contributed by atoms with Crippen LogP contribution in [0.1, 0.15) is 36.3 Å². The van der Waals surface area contributed by atoms with Gasteiger partial charge in [0.15, 0.2) is 5.69 Å². The second-order valence-corrected chi connectivity index (χ2v) is 6.07. The normalized spacial score (nSPS) is 12.2. The number of aryl methyl sites for hydroxylation is 1. The van der Waals surface area contributed by atoms with Crippen molar-refractivity contribution < 1.29 is 19.1 Å². The van der Waals surface area contributed by atoms with Crippen molar-refractivity contribution in [3.8, 4) is 5.69 Å². The molecule has 6 nitrogen and oxygen atoms in total. The number of hydrogen-bond donors (Lipinski definition) is 2. The number of hydrogen-bond acceptors (Lipinski definition) is 3. The van der Waals surface area contributed by atoms with Gasteiger partial charge in [0.25, 0.3) is 5.91 Å². The zero-order chi connectivity index (χ0) is 17.9. The van der Waals surface area contributed by atoms with Crippen LogP contribution in [-0.2, 0) is 4.79 Å². The van der Waals surface area contributed by atoms with Gasteiger partial charge < -0.3 is 10.4 Å². The average Bonchev–Trinajstić information content (AvgIpc) is 2.95. The molecule has 128 valence electrons. The van der Waals surface area contributed by atoms with Crippen molar-refractivity contribution in [3.63, 3.8) is 0 Å². The van der Waals surface area contributed by atoms with Crippen molar-refractivity contribution in [1.82, 2.24) is 15.1 Å². The number of carboxylic acids is 1. The lowest BCUT2D eigenvalue weighted by Crippen LogP contribution is -2.41. The van der Waals surface area contributed by atoms with Gasteiger partial charge in [0, 0.05) is 6.20 Å². The molecule has 0 bridgehead atoms. The summed E-state index contributed by atoms with van der Waals surface area (Å²) in [6, 6.07) is 4.78. The molecule has 0 saturated heterocycles. The van der Waals surface area contributed by atoms with Crippen LogP contribution < -0.4 is 5.32 Å². The van der Waals surface area contributed by atoms with Gasteiger partial charge in [-0.15, -0.1) is 0 Å². The monoisotopic (exact) mass is 333 g/mol. The molecule has 1 atom stereocenters. The minimum Gasteiger partial charge on any atom is -0.480 e. The quantitative estimate of drug-likeness (QED) is 0.851. The third kappa shape index (κ3) is 4.18. The molecule has 7 heteroatoms. The van der Waals surface area contributed by atoms with Crippen LogP contribution in [0.4, 0.5) is 4.39 Å². The van der Waals surface area contributed by atoms with Gasteiger partial charge in [-0.25, -0.2) is 13.9 Å². The Balaban J connectivity index is 2.17. The molecule has 1 aromatic carbocycles. The van der Waals surface area contributed by atoms with Crippen LogP contribution in [0.15, 0.2) is 30.5 Å². The van der Waals surface area contributed by atoms with E-state index >= 15 is 0 Å². The maximum atomic E-state index is 13.2. The van der Waals surface area contributed by atoms with Crippen molar-refractivity contribution in [2.24, 2.45) is 5.92 Å². The zero-order valence-corrected chi connectivity index (χ0v) is 13.8. The molecule has 0 aliphatic heterocycles. The van der Waals surface area contributed by atoms with E-state index in [9.17, 15) is 19.1 Å². The molecule has 0 saturated carbocycles. The maximum absolute atomic E-state index is 13.2. The van der Waals surface area contributed by atoms with Crippen LogP contribution in [0.25, 0.3) is 5.69 Å². The van der Waals surface area contributed by atoms with Crippen LogP contribution in [0.3, 0.4) is 0 Å². The molecule has 0 aliphatic carbocycles. The number of rotatable bonds is 6. The Labute approximate surface area is 139 Å². The highest BCUT2D eigenvalue weighted by atomic mass is 19.1. The van der Waals surface area contributed by atoms with Gasteiger partial charge in [0.05, 0.1) is 5.69 Å². The van der Waals surface area contributed by atoms with E-state index in [1.807, 2.05) is 13.8 Å². The van der Waals surface area contributed by atoms with Gasteiger partial charge in [-0.05, 0) is 49.1 Å². The summed E-state index contributed by atoms with van der Waals surface area (Å²) in [6.45, 7) is 5.51. The Morgan fingerprint density at radius 2 is 2.04 bits per heavy atom. The predicted molar refractivity (Wildman–Crippen MR) is 86.6 cm³/mol. The number of benzene rings is 1. The van der Waals surface area contributed by atoms with E-state index < -0.39 is 17.9 Å². The van der Waals surface area contributed by atoms with Crippen molar-refractivity contribution in [2.75, 3.05) is 0 Å². The summed E-state index contributed by atoms with van der Waals surface area (Å²) in [6.07, 6.45) is 1.91. The highest BCUT2D eigenvalue weighted by Gasteiger charge is 2.23. The molecule has 0 radical (unpaired) electrons. The average molecular weight is 333 g/mol. The molecule has 2 aromatic rings. The molecular formula is C17H20FN3O3. The lowest BCUT2D eigenvalue weighted by atomic mass is 10.0. The van der Waals surface area contributed by atoms with E-state index in [1.165, 1.54) is 22.9 Å². The van der Waals surface area contributed by atoms with Gasteiger partial charge in [-0.1, -0.05) is 13.8 Å². The van der Waals surface area contributed by atoms with Crippen LogP contribution in [0, 0.1) is 18.7 Å². The topological polar surface area (TPSA) is 84.2 Å². The number of halogens is 1. The molecule has 24 heavy (non-hydrogen) atoms. The Morgan fingerprint density at radius 1 is 1.33 bits per heavy atom. The summed E-state index contributed by atoms with van der Waals surface area (Å²) in [7, 11) is 0. The Bertz CT molecular complexity index is 755. The lowest BCUT2D eigenvalue weighted by molar-refractivity contribution is -0.139. The molecule has 1 heterocycles. The summed E-state index contributed by atoms with van der Waals surface area (Å²) in [5.74, 6) is -1.85. The van der Waals surface area contributed by atoms with E-state index in [-0.39, 0.29) is 17.4 Å². The first-order valence-corrected chi connectivity index (χ1v) is 7.63. The van der Waals surface area contributed by atoms with Crippen molar-refractivity contribution in [2.45, 2.75) is 33.2 Å². The van der Waals surface area contributed by atoms with E-state index in [0.29, 0.717) is 17.7 Å². The number of amides is 1. The van der Waals surface area contributed by atoms with Crippen molar-refractivity contribution >= 4 is 11.9 Å². The smallest absolute Gasteiger partial charge is 0.326 e. The molecule has 1 aromatic heterocycles. The van der Waals surface area contributed by atoms with Gasteiger partial charge in [0.2, 0.25) is 0 Å². The number of nitrogens with one attached hydrogen (secondary N) is 1. The number of nitrogens with zero attached hydrogens (tertiary/aromatic N) is 2. The molecule has 1 amide bonds. The highest BCUT2D eigenvalue weighted by molar-refractivity contribution is 5.94. The number of aromatic nitrogens is 2. The third-order valence-corrected chi connectivity index (χ3v) is 3.54. The van der Waals surface area contributed by atoms with Gasteiger partial charge in [0.1, 0.15) is 11.9 Å². The molecule has 0 aliphatic rings. The molecule has 0 unspecified atom stereocenters. The van der Waals surface area contributed by atoms with Crippen LogP contribution >= 0.6 is 0 Å². The first kappa shape index (κ1) is 17.7. The molecule has 0 spiro atoms. The van der Waals surface area contributed by atoms with Crippen molar-refractivity contribution in [1.29, 1.82) is 0 Å². The molecular weight excluding hydrogens is 313 g/mol.